The van der Waals surface area contributed by atoms with Gasteiger partial charge < -0.3 is 9.47 Å². The Balaban J connectivity index is 0.993. The van der Waals surface area contributed by atoms with E-state index in [0.29, 0.717) is 5.56 Å². The van der Waals surface area contributed by atoms with E-state index in [2.05, 4.69) is 240 Å². The number of anilines is 3. The summed E-state index contributed by atoms with van der Waals surface area (Å²) in [6, 6.07) is 87.6. The SMILES string of the molecule is N#Cc1ccc(N(c2ccc(-c3ccc4c(c3)c3ccccc3n4-c3ccc4ccccc4c3)cc2)c2ccc3c(c2)C(c2ccccc2)(c2ccccc2)c2ccccc2-3)cc1. The van der Waals surface area contributed by atoms with Crippen molar-refractivity contribution >= 4 is 49.6 Å². The summed E-state index contributed by atoms with van der Waals surface area (Å²) in [6.07, 6.45) is 0. The zero-order valence-corrected chi connectivity index (χ0v) is 34.4. The second-order valence-corrected chi connectivity index (χ2v) is 16.4. The molecule has 3 heteroatoms. The lowest BCUT2D eigenvalue weighted by Gasteiger charge is -2.35. The minimum Gasteiger partial charge on any atom is -0.310 e. The fourth-order valence-electron chi connectivity index (χ4n) is 10.3. The van der Waals surface area contributed by atoms with Gasteiger partial charge in [-0.3, -0.25) is 0 Å². The van der Waals surface area contributed by atoms with E-state index in [-0.39, 0.29) is 0 Å². The first-order chi connectivity index (χ1) is 31.2. The van der Waals surface area contributed by atoms with Gasteiger partial charge in [-0.2, -0.15) is 5.26 Å². The Bertz CT molecular complexity index is 3520. The van der Waals surface area contributed by atoms with E-state index in [1.807, 2.05) is 12.1 Å². The van der Waals surface area contributed by atoms with Crippen molar-refractivity contribution in [1.82, 2.24) is 4.57 Å². The Labute approximate surface area is 366 Å². The lowest BCUT2D eigenvalue weighted by atomic mass is 9.67. The van der Waals surface area contributed by atoms with Crippen LogP contribution in [0.5, 0.6) is 0 Å². The maximum atomic E-state index is 9.76. The van der Waals surface area contributed by atoms with E-state index in [4.69, 9.17) is 0 Å². The zero-order valence-electron chi connectivity index (χ0n) is 34.4. The highest BCUT2D eigenvalue weighted by Gasteiger charge is 2.46. The number of benzene rings is 10. The Morgan fingerprint density at radius 3 is 1.73 bits per heavy atom. The Morgan fingerprint density at radius 2 is 0.984 bits per heavy atom. The fourth-order valence-corrected chi connectivity index (χ4v) is 10.3. The average Bonchev–Trinajstić information content (AvgIpc) is 3.85. The third-order valence-electron chi connectivity index (χ3n) is 13.1. The summed E-state index contributed by atoms with van der Waals surface area (Å²) in [5.41, 5.74) is 16.4. The van der Waals surface area contributed by atoms with Crippen LogP contribution in [-0.4, -0.2) is 4.57 Å². The molecule has 1 heterocycles. The van der Waals surface area contributed by atoms with Crippen LogP contribution < -0.4 is 4.90 Å². The number of fused-ring (bicyclic) bond motifs is 7. The first kappa shape index (κ1) is 36.4. The normalized spacial score (nSPS) is 12.6. The van der Waals surface area contributed by atoms with E-state index in [0.717, 1.165) is 33.9 Å². The van der Waals surface area contributed by atoms with E-state index in [9.17, 15) is 5.26 Å². The maximum absolute atomic E-state index is 9.76. The summed E-state index contributed by atoms with van der Waals surface area (Å²) >= 11 is 0. The van der Waals surface area contributed by atoms with Crippen molar-refractivity contribution in [1.29, 1.82) is 5.26 Å². The number of nitrogens with zero attached hydrogens (tertiary/aromatic N) is 3. The molecule has 1 aliphatic rings. The van der Waals surface area contributed by atoms with Crippen LogP contribution in [0, 0.1) is 11.3 Å². The smallest absolute Gasteiger partial charge is 0.0991 e. The minimum absolute atomic E-state index is 0.527. The standard InChI is InChI=1S/C60H39N3/c61-40-41-23-29-48(30-24-41)62(51-34-35-53-52-19-9-11-21-56(52)60(57(53)39-51,46-15-3-1-4-16-46)47-17-5-2-6-18-47)49-31-25-43(26-32-49)45-28-36-59-55(38-45)54-20-10-12-22-58(54)63(59)50-33-27-42-13-7-8-14-44(42)37-50/h1-39H. The van der Waals surface area contributed by atoms with Crippen LogP contribution in [0.2, 0.25) is 0 Å². The number of nitriles is 1. The van der Waals surface area contributed by atoms with Crippen LogP contribution in [0.4, 0.5) is 17.1 Å². The second-order valence-electron chi connectivity index (χ2n) is 16.4. The predicted octanol–water partition coefficient (Wildman–Crippen LogP) is 15.3. The predicted molar refractivity (Wildman–Crippen MR) is 260 cm³/mol. The molecule has 11 aromatic rings. The van der Waals surface area contributed by atoms with Crippen LogP contribution in [0.25, 0.3) is 60.5 Å². The molecule has 12 rings (SSSR count). The van der Waals surface area contributed by atoms with Crippen LogP contribution >= 0.6 is 0 Å². The fraction of sp³-hybridized carbons (Fsp3) is 0.0167. The van der Waals surface area contributed by atoms with Gasteiger partial charge in [0.2, 0.25) is 0 Å². The van der Waals surface area contributed by atoms with Crippen LogP contribution in [0.3, 0.4) is 0 Å². The molecule has 0 aliphatic heterocycles. The van der Waals surface area contributed by atoms with Crippen molar-refractivity contribution in [2.24, 2.45) is 0 Å². The third kappa shape index (κ3) is 5.73. The molecule has 3 nitrogen and oxygen atoms in total. The van der Waals surface area contributed by atoms with Crippen molar-refractivity contribution in [2.45, 2.75) is 5.41 Å². The first-order valence-corrected chi connectivity index (χ1v) is 21.5. The number of para-hydroxylation sites is 1. The van der Waals surface area contributed by atoms with Gasteiger partial charge in [-0.1, -0.05) is 158 Å². The van der Waals surface area contributed by atoms with Gasteiger partial charge in [0.05, 0.1) is 28.1 Å². The molecule has 0 N–H and O–H groups in total. The van der Waals surface area contributed by atoms with Crippen LogP contribution in [0.15, 0.2) is 237 Å². The molecule has 63 heavy (non-hydrogen) atoms. The summed E-state index contributed by atoms with van der Waals surface area (Å²) in [4.78, 5) is 2.31. The van der Waals surface area contributed by atoms with Crippen molar-refractivity contribution in [3.63, 3.8) is 0 Å². The molecule has 10 aromatic carbocycles. The van der Waals surface area contributed by atoms with E-state index >= 15 is 0 Å². The maximum Gasteiger partial charge on any atom is 0.0991 e. The van der Waals surface area contributed by atoms with E-state index in [1.54, 1.807) is 0 Å². The topological polar surface area (TPSA) is 32.0 Å². The van der Waals surface area contributed by atoms with Gasteiger partial charge in [0, 0.05) is 33.5 Å². The molecule has 1 aliphatic carbocycles. The molecule has 0 saturated heterocycles. The third-order valence-corrected chi connectivity index (χ3v) is 13.1. The largest absolute Gasteiger partial charge is 0.310 e. The van der Waals surface area contributed by atoms with Crippen molar-refractivity contribution in [3.8, 4) is 34.0 Å². The van der Waals surface area contributed by atoms with Gasteiger partial charge in [-0.15, -0.1) is 0 Å². The molecule has 0 atom stereocenters. The zero-order chi connectivity index (χ0) is 41.9. The Kier molecular flexibility index (Phi) is 8.45. The lowest BCUT2D eigenvalue weighted by Crippen LogP contribution is -2.28. The van der Waals surface area contributed by atoms with Crippen molar-refractivity contribution < 1.29 is 0 Å². The van der Waals surface area contributed by atoms with Crippen molar-refractivity contribution in [3.05, 3.63) is 264 Å². The Morgan fingerprint density at radius 1 is 0.397 bits per heavy atom. The van der Waals surface area contributed by atoms with E-state index < -0.39 is 5.41 Å². The molecule has 0 radical (unpaired) electrons. The number of hydrogen-bond donors (Lipinski definition) is 0. The summed E-state index contributed by atoms with van der Waals surface area (Å²) in [5, 5.41) is 14.7. The summed E-state index contributed by atoms with van der Waals surface area (Å²) in [5.74, 6) is 0. The Hall–Kier alpha value is -8.45. The molecule has 0 bridgehead atoms. The summed E-state index contributed by atoms with van der Waals surface area (Å²) < 4.78 is 2.39. The lowest BCUT2D eigenvalue weighted by molar-refractivity contribution is 0.768. The van der Waals surface area contributed by atoms with Crippen molar-refractivity contribution in [2.75, 3.05) is 4.90 Å². The molecule has 0 unspecified atom stereocenters. The molecule has 0 amide bonds. The monoisotopic (exact) mass is 801 g/mol. The molecular weight excluding hydrogens is 763 g/mol. The molecule has 0 spiro atoms. The van der Waals surface area contributed by atoms with Gasteiger partial charge in [-0.05, 0) is 134 Å². The molecule has 294 valence electrons. The molecule has 0 saturated carbocycles. The highest BCUT2D eigenvalue weighted by molar-refractivity contribution is 6.10. The molecular formula is C60H39N3. The van der Waals surface area contributed by atoms with E-state index in [1.165, 1.54) is 66.0 Å². The highest BCUT2D eigenvalue weighted by atomic mass is 15.1. The first-order valence-electron chi connectivity index (χ1n) is 21.5. The molecule has 1 aromatic heterocycles. The van der Waals surface area contributed by atoms with Gasteiger partial charge >= 0.3 is 0 Å². The molecule has 0 fully saturated rings. The van der Waals surface area contributed by atoms with Gasteiger partial charge in [0.1, 0.15) is 0 Å². The van der Waals surface area contributed by atoms with Gasteiger partial charge in [0.25, 0.3) is 0 Å². The second kappa shape index (κ2) is 14.6. The number of aromatic nitrogens is 1. The number of hydrogen-bond acceptors (Lipinski definition) is 2. The van der Waals surface area contributed by atoms with Crippen LogP contribution in [0.1, 0.15) is 27.8 Å². The highest BCUT2D eigenvalue weighted by Crippen LogP contribution is 2.57. The number of rotatable bonds is 7. The van der Waals surface area contributed by atoms with Gasteiger partial charge in [-0.25, -0.2) is 0 Å². The van der Waals surface area contributed by atoms with Gasteiger partial charge in [0.15, 0.2) is 0 Å². The van der Waals surface area contributed by atoms with Crippen LogP contribution in [-0.2, 0) is 5.41 Å². The average molecular weight is 802 g/mol. The summed E-state index contributed by atoms with van der Waals surface area (Å²) in [6.45, 7) is 0. The summed E-state index contributed by atoms with van der Waals surface area (Å²) in [7, 11) is 0. The quantitative estimate of drug-likeness (QED) is 0.161. The minimum atomic E-state index is -0.527.